The molecule has 0 bridgehead atoms. The van der Waals surface area contributed by atoms with Gasteiger partial charge in [0.1, 0.15) is 6.10 Å². The lowest BCUT2D eigenvalue weighted by Crippen LogP contribution is -2.54. The highest BCUT2D eigenvalue weighted by atomic mass is 16.5. The molecule has 4 saturated carbocycles. The van der Waals surface area contributed by atoms with Gasteiger partial charge in [0.25, 0.3) is 0 Å². The van der Waals surface area contributed by atoms with Crippen molar-refractivity contribution >= 4 is 5.97 Å². The van der Waals surface area contributed by atoms with Crippen LogP contribution in [0.15, 0.2) is 12.7 Å². The second kappa shape index (κ2) is 6.13. The van der Waals surface area contributed by atoms with Gasteiger partial charge in [-0.3, -0.25) is 4.79 Å². The summed E-state index contributed by atoms with van der Waals surface area (Å²) < 4.78 is 5.59. The van der Waals surface area contributed by atoms with E-state index in [4.69, 9.17) is 4.74 Å². The average Bonchev–Trinajstić information content (AvgIpc) is 2.91. The van der Waals surface area contributed by atoms with Crippen LogP contribution in [0.2, 0.25) is 0 Å². The van der Waals surface area contributed by atoms with Gasteiger partial charge in [0.2, 0.25) is 0 Å². The minimum Gasteiger partial charge on any atom is -0.463 e. The van der Waals surface area contributed by atoms with Gasteiger partial charge in [-0.15, -0.1) is 6.58 Å². The van der Waals surface area contributed by atoms with Crippen LogP contribution in [0.5, 0.6) is 0 Å². The minimum absolute atomic E-state index is 0.0999. The van der Waals surface area contributed by atoms with Crippen molar-refractivity contribution in [1.29, 1.82) is 0 Å². The van der Waals surface area contributed by atoms with Crippen molar-refractivity contribution in [2.24, 2.45) is 40.4 Å². The molecule has 0 N–H and O–H groups in total. The fourth-order valence-corrected chi connectivity index (χ4v) is 7.99. The Bertz CT molecular complexity index is 554. The van der Waals surface area contributed by atoms with Gasteiger partial charge in [-0.25, -0.2) is 0 Å². The Kier molecular flexibility index (Phi) is 4.32. The second-order valence-corrected chi connectivity index (χ2v) is 10.1. The molecule has 4 aliphatic carbocycles. The van der Waals surface area contributed by atoms with Crippen LogP contribution in [0.1, 0.15) is 78.6 Å². The van der Waals surface area contributed by atoms with Crippen molar-refractivity contribution < 1.29 is 9.53 Å². The first kappa shape index (κ1) is 17.6. The van der Waals surface area contributed by atoms with Crippen LogP contribution in [-0.2, 0) is 9.53 Å². The number of esters is 1. The molecule has 2 nitrogen and oxygen atoms in total. The molecule has 4 aliphatic rings. The van der Waals surface area contributed by atoms with Crippen LogP contribution in [0.4, 0.5) is 0 Å². The molecule has 25 heavy (non-hydrogen) atoms. The van der Waals surface area contributed by atoms with Gasteiger partial charge in [0.15, 0.2) is 0 Å². The number of rotatable bonds is 2. The molecule has 0 spiro atoms. The molecule has 0 aromatic rings. The zero-order chi connectivity index (χ0) is 17.8. The molecular formula is C23H36O2. The summed E-state index contributed by atoms with van der Waals surface area (Å²) in [5.41, 5.74) is 0.994. The fraction of sp³-hybridized carbons (Fsp3) is 0.870. The smallest absolute Gasteiger partial charge is 0.302 e. The predicted octanol–water partition coefficient (Wildman–Crippen LogP) is 5.76. The van der Waals surface area contributed by atoms with Gasteiger partial charge in [0.05, 0.1) is 0 Å². The monoisotopic (exact) mass is 344 g/mol. The summed E-state index contributed by atoms with van der Waals surface area (Å²) in [6.45, 7) is 10.9. The van der Waals surface area contributed by atoms with Crippen molar-refractivity contribution in [2.75, 3.05) is 0 Å². The van der Waals surface area contributed by atoms with Gasteiger partial charge in [-0.1, -0.05) is 19.9 Å². The molecule has 0 heterocycles. The largest absolute Gasteiger partial charge is 0.463 e. The predicted molar refractivity (Wildman–Crippen MR) is 101 cm³/mol. The molecule has 0 radical (unpaired) electrons. The summed E-state index contributed by atoms with van der Waals surface area (Å²) in [4.78, 5) is 11.4. The molecule has 0 aliphatic heterocycles. The van der Waals surface area contributed by atoms with Crippen LogP contribution in [0.3, 0.4) is 0 Å². The van der Waals surface area contributed by atoms with E-state index in [0.29, 0.717) is 10.8 Å². The van der Waals surface area contributed by atoms with Crippen LogP contribution >= 0.6 is 0 Å². The summed E-state index contributed by atoms with van der Waals surface area (Å²) >= 11 is 0. The van der Waals surface area contributed by atoms with Gasteiger partial charge in [-0.05, 0) is 98.2 Å². The van der Waals surface area contributed by atoms with E-state index in [0.717, 1.165) is 42.4 Å². The summed E-state index contributed by atoms with van der Waals surface area (Å²) in [5, 5.41) is 0. The number of carbonyl (C=O) groups excluding carboxylic acids is 1. The molecule has 140 valence electrons. The summed E-state index contributed by atoms with van der Waals surface area (Å²) in [7, 11) is 0. The van der Waals surface area contributed by atoms with E-state index in [1.165, 1.54) is 44.9 Å². The quantitative estimate of drug-likeness (QED) is 0.470. The lowest BCUT2D eigenvalue weighted by atomic mass is 9.44. The Morgan fingerprint density at radius 3 is 2.44 bits per heavy atom. The molecular weight excluding hydrogens is 308 g/mol. The van der Waals surface area contributed by atoms with Crippen molar-refractivity contribution in [3.63, 3.8) is 0 Å². The average molecular weight is 345 g/mol. The Hall–Kier alpha value is -0.790. The Morgan fingerprint density at radius 1 is 1.00 bits per heavy atom. The molecule has 2 heteroatoms. The molecule has 0 aromatic heterocycles. The maximum absolute atomic E-state index is 11.4. The van der Waals surface area contributed by atoms with E-state index >= 15 is 0 Å². The molecule has 8 atom stereocenters. The second-order valence-electron chi connectivity index (χ2n) is 10.1. The van der Waals surface area contributed by atoms with Gasteiger partial charge in [0, 0.05) is 6.92 Å². The third-order valence-electron chi connectivity index (χ3n) is 9.31. The number of allylic oxidation sites excluding steroid dienone is 1. The van der Waals surface area contributed by atoms with E-state index in [2.05, 4.69) is 26.5 Å². The molecule has 4 fully saturated rings. The van der Waals surface area contributed by atoms with Crippen LogP contribution < -0.4 is 0 Å². The third kappa shape index (κ3) is 2.61. The molecule has 0 saturated heterocycles. The highest BCUT2D eigenvalue weighted by Crippen LogP contribution is 2.67. The summed E-state index contributed by atoms with van der Waals surface area (Å²) in [6, 6.07) is 0. The summed E-state index contributed by atoms with van der Waals surface area (Å²) in [6.07, 6.45) is 14.2. The molecule has 4 rings (SSSR count). The van der Waals surface area contributed by atoms with Crippen molar-refractivity contribution in [1.82, 2.24) is 0 Å². The number of hydrogen-bond donors (Lipinski definition) is 0. The SMILES string of the molecule is C=CC1CCC2C3CCC4CC(OC(C)=O)CCC4(C)C3CCC12C. The topological polar surface area (TPSA) is 26.3 Å². The van der Waals surface area contributed by atoms with Crippen LogP contribution in [0.25, 0.3) is 0 Å². The first-order valence-electron chi connectivity index (χ1n) is 10.7. The minimum atomic E-state index is -0.0999. The Labute approximate surface area is 153 Å². The van der Waals surface area contributed by atoms with Gasteiger partial charge < -0.3 is 4.74 Å². The third-order valence-corrected chi connectivity index (χ3v) is 9.31. The Balaban J connectivity index is 1.53. The Morgan fingerprint density at radius 2 is 1.72 bits per heavy atom. The molecule has 0 aromatic carbocycles. The first-order valence-corrected chi connectivity index (χ1v) is 10.7. The van der Waals surface area contributed by atoms with E-state index in [9.17, 15) is 4.79 Å². The maximum Gasteiger partial charge on any atom is 0.302 e. The molecule has 0 amide bonds. The summed E-state index contributed by atoms with van der Waals surface area (Å²) in [5.74, 6) is 4.13. The zero-order valence-corrected chi connectivity index (χ0v) is 16.4. The number of fused-ring (bicyclic) bond motifs is 5. The van der Waals surface area contributed by atoms with E-state index in [1.54, 1.807) is 6.92 Å². The zero-order valence-electron chi connectivity index (χ0n) is 16.4. The lowest BCUT2D eigenvalue weighted by molar-refractivity contribution is -0.159. The normalized spacial score (nSPS) is 51.8. The van der Waals surface area contributed by atoms with E-state index in [-0.39, 0.29) is 12.1 Å². The van der Waals surface area contributed by atoms with Crippen LogP contribution in [-0.4, -0.2) is 12.1 Å². The molecule has 8 unspecified atom stereocenters. The fourth-order valence-electron chi connectivity index (χ4n) is 7.99. The van der Waals surface area contributed by atoms with Crippen LogP contribution in [0, 0.1) is 40.4 Å². The highest BCUT2D eigenvalue weighted by molar-refractivity contribution is 5.66. The van der Waals surface area contributed by atoms with Gasteiger partial charge >= 0.3 is 5.97 Å². The first-order chi connectivity index (χ1) is 11.9. The number of ether oxygens (including phenoxy) is 1. The highest BCUT2D eigenvalue weighted by Gasteiger charge is 2.59. The lowest BCUT2D eigenvalue weighted by Gasteiger charge is -2.61. The van der Waals surface area contributed by atoms with E-state index < -0.39 is 0 Å². The van der Waals surface area contributed by atoms with E-state index in [1.807, 2.05) is 0 Å². The maximum atomic E-state index is 11.4. The van der Waals surface area contributed by atoms with Crippen molar-refractivity contribution in [3.8, 4) is 0 Å². The van der Waals surface area contributed by atoms with Gasteiger partial charge in [-0.2, -0.15) is 0 Å². The van der Waals surface area contributed by atoms with Crippen molar-refractivity contribution in [3.05, 3.63) is 12.7 Å². The van der Waals surface area contributed by atoms with Crippen molar-refractivity contribution in [2.45, 2.75) is 84.7 Å². The number of hydrogen-bond acceptors (Lipinski definition) is 2. The number of carbonyl (C=O) groups is 1. The standard InChI is InChI=1S/C23H36O2/c1-5-16-7-9-20-19-8-6-17-14-18(25-15(2)24)10-12-23(17,4)21(19)11-13-22(16,20)3/h5,16-21H,1,6-14H2,2-4H3.